The molecule has 0 bridgehead atoms. The Hall–Kier alpha value is -3.71. The van der Waals surface area contributed by atoms with Gasteiger partial charge >= 0.3 is 0 Å². The minimum absolute atomic E-state index is 0.0116. The van der Waals surface area contributed by atoms with Crippen LogP contribution in [0, 0.1) is 11.7 Å². The van der Waals surface area contributed by atoms with E-state index in [1.54, 1.807) is 36.4 Å². The highest BCUT2D eigenvalue weighted by Gasteiger charge is 2.22. The van der Waals surface area contributed by atoms with E-state index in [-0.39, 0.29) is 5.69 Å². The molecule has 0 spiro atoms. The number of benzene rings is 3. The van der Waals surface area contributed by atoms with Gasteiger partial charge in [0.25, 0.3) is 5.91 Å². The molecule has 1 atom stereocenters. The van der Waals surface area contributed by atoms with E-state index in [1.807, 2.05) is 18.2 Å². The summed E-state index contributed by atoms with van der Waals surface area (Å²) in [5.41, 5.74) is 3.93. The zero-order valence-electron chi connectivity index (χ0n) is 17.2. The first-order valence-corrected chi connectivity index (χ1v) is 10.2. The number of para-hydroxylation sites is 1. The van der Waals surface area contributed by atoms with Gasteiger partial charge in [-0.1, -0.05) is 41.9 Å². The van der Waals surface area contributed by atoms with Gasteiger partial charge in [0.1, 0.15) is 24.1 Å². The van der Waals surface area contributed by atoms with Crippen LogP contribution in [0.15, 0.2) is 77.9 Å². The van der Waals surface area contributed by atoms with Gasteiger partial charge in [0.15, 0.2) is 0 Å². The van der Waals surface area contributed by atoms with Crippen LogP contribution >= 0.6 is 11.6 Å². The number of nitrogens with zero attached hydrogens (tertiary/aromatic N) is 1. The summed E-state index contributed by atoms with van der Waals surface area (Å²) in [6, 6.07) is 20.2. The number of hydrogen-bond acceptors (Lipinski definition) is 4. The van der Waals surface area contributed by atoms with E-state index in [0.29, 0.717) is 17.4 Å². The van der Waals surface area contributed by atoms with Crippen LogP contribution in [-0.4, -0.2) is 18.0 Å². The number of carbonyl (C=O) groups is 2. The topological polar surface area (TPSA) is 79.8 Å². The summed E-state index contributed by atoms with van der Waals surface area (Å²) in [5.74, 6) is -2.24. The maximum absolute atomic E-state index is 13.6. The van der Waals surface area contributed by atoms with Crippen molar-refractivity contribution < 1.29 is 18.7 Å². The Balaban J connectivity index is 1.48. The minimum Gasteiger partial charge on any atom is -0.489 e. The van der Waals surface area contributed by atoms with Gasteiger partial charge < -0.3 is 10.1 Å². The van der Waals surface area contributed by atoms with Crippen molar-refractivity contribution in [2.75, 3.05) is 5.32 Å². The third-order valence-corrected chi connectivity index (χ3v) is 4.91. The molecule has 1 unspecified atom stereocenters. The Labute approximate surface area is 190 Å². The van der Waals surface area contributed by atoms with Crippen LogP contribution in [-0.2, 0) is 16.2 Å². The highest BCUT2D eigenvalue weighted by atomic mass is 35.5. The van der Waals surface area contributed by atoms with E-state index in [9.17, 15) is 14.0 Å². The van der Waals surface area contributed by atoms with Gasteiger partial charge in [0.2, 0.25) is 5.91 Å². The summed E-state index contributed by atoms with van der Waals surface area (Å²) in [4.78, 5) is 24.3. The predicted molar refractivity (Wildman–Crippen MR) is 122 cm³/mol. The zero-order chi connectivity index (χ0) is 22.9. The highest BCUT2D eigenvalue weighted by Crippen LogP contribution is 2.19. The van der Waals surface area contributed by atoms with E-state index < -0.39 is 23.5 Å². The van der Waals surface area contributed by atoms with Crippen molar-refractivity contribution in [1.29, 1.82) is 0 Å². The summed E-state index contributed by atoms with van der Waals surface area (Å²) in [5, 5.41) is 6.89. The first-order valence-electron chi connectivity index (χ1n) is 9.78. The van der Waals surface area contributed by atoms with Gasteiger partial charge in [0, 0.05) is 10.6 Å². The Morgan fingerprint density at radius 3 is 2.44 bits per heavy atom. The van der Waals surface area contributed by atoms with Crippen LogP contribution in [0.4, 0.5) is 10.1 Å². The molecule has 164 valence electrons. The fourth-order valence-electron chi connectivity index (χ4n) is 2.62. The lowest BCUT2D eigenvalue weighted by Gasteiger charge is -2.11. The molecule has 2 N–H and O–H groups in total. The lowest BCUT2D eigenvalue weighted by molar-refractivity contribution is -0.131. The number of anilines is 1. The lowest BCUT2D eigenvalue weighted by atomic mass is 10.1. The average Bonchev–Trinajstić information content (AvgIpc) is 2.80. The molecule has 0 saturated carbocycles. The summed E-state index contributed by atoms with van der Waals surface area (Å²) < 4.78 is 19.3. The molecule has 0 saturated heterocycles. The van der Waals surface area contributed by atoms with Gasteiger partial charge in [-0.2, -0.15) is 5.10 Å². The van der Waals surface area contributed by atoms with Gasteiger partial charge in [-0.25, -0.2) is 9.82 Å². The van der Waals surface area contributed by atoms with Crippen LogP contribution in [0.1, 0.15) is 18.1 Å². The second-order valence-corrected chi connectivity index (χ2v) is 7.28. The molecule has 0 aromatic heterocycles. The first-order chi connectivity index (χ1) is 15.4. The molecule has 3 aromatic rings. The predicted octanol–water partition coefficient (Wildman–Crippen LogP) is 4.78. The number of ether oxygens (including phenoxy) is 1. The molecule has 0 aliphatic rings. The molecule has 0 aliphatic heterocycles. The molecule has 0 fully saturated rings. The number of hydrazone groups is 1. The maximum atomic E-state index is 13.6. The van der Waals surface area contributed by atoms with E-state index in [0.717, 1.165) is 11.1 Å². The molecule has 0 heterocycles. The van der Waals surface area contributed by atoms with Crippen LogP contribution in [0.2, 0.25) is 5.02 Å². The number of halogens is 2. The molecule has 0 radical (unpaired) electrons. The smallest absolute Gasteiger partial charge is 0.252 e. The van der Waals surface area contributed by atoms with E-state index >= 15 is 0 Å². The van der Waals surface area contributed by atoms with E-state index in [1.165, 1.54) is 31.3 Å². The number of amides is 2. The van der Waals surface area contributed by atoms with Crippen LogP contribution < -0.4 is 15.5 Å². The van der Waals surface area contributed by atoms with Crippen molar-refractivity contribution in [3.63, 3.8) is 0 Å². The van der Waals surface area contributed by atoms with Crippen molar-refractivity contribution in [1.82, 2.24) is 5.43 Å². The summed E-state index contributed by atoms with van der Waals surface area (Å²) in [6.45, 7) is 1.75. The fraction of sp³-hybridized carbons (Fsp3) is 0.125. The van der Waals surface area contributed by atoms with E-state index in [4.69, 9.17) is 16.3 Å². The lowest BCUT2D eigenvalue weighted by Crippen LogP contribution is -2.34. The fourth-order valence-corrected chi connectivity index (χ4v) is 2.81. The first kappa shape index (κ1) is 23.0. The summed E-state index contributed by atoms with van der Waals surface area (Å²) in [7, 11) is 0. The number of hydrogen-bond donors (Lipinski definition) is 2. The Morgan fingerprint density at radius 1 is 1.03 bits per heavy atom. The molecule has 0 aliphatic carbocycles. The van der Waals surface area contributed by atoms with Crippen LogP contribution in [0.3, 0.4) is 0 Å². The Kier molecular flexibility index (Phi) is 7.94. The molecule has 32 heavy (non-hydrogen) atoms. The van der Waals surface area contributed by atoms with Crippen LogP contribution in [0.5, 0.6) is 5.75 Å². The van der Waals surface area contributed by atoms with Crippen molar-refractivity contribution in [2.45, 2.75) is 13.5 Å². The largest absolute Gasteiger partial charge is 0.489 e. The van der Waals surface area contributed by atoms with Gasteiger partial charge in [-0.05, 0) is 55.0 Å². The van der Waals surface area contributed by atoms with Crippen molar-refractivity contribution in [2.24, 2.45) is 11.0 Å². The van der Waals surface area contributed by atoms with Crippen molar-refractivity contribution >= 4 is 35.3 Å². The summed E-state index contributed by atoms with van der Waals surface area (Å²) in [6.07, 6.45) is 1.44. The van der Waals surface area contributed by atoms with E-state index in [2.05, 4.69) is 15.8 Å². The molecule has 6 nitrogen and oxygen atoms in total. The van der Waals surface area contributed by atoms with Crippen molar-refractivity contribution in [3.05, 3.63) is 94.8 Å². The third kappa shape index (κ3) is 6.39. The number of rotatable bonds is 8. The molecule has 3 aromatic carbocycles. The van der Waals surface area contributed by atoms with Gasteiger partial charge in [-0.15, -0.1) is 0 Å². The SMILES string of the molecule is CC(C(=O)NN=Cc1ccc(OCc2ccccc2Cl)cc1)C(=O)Nc1ccccc1F. The molecule has 8 heteroatoms. The Morgan fingerprint density at radius 2 is 1.72 bits per heavy atom. The second kappa shape index (κ2) is 11.1. The minimum atomic E-state index is -1.06. The number of nitrogens with one attached hydrogen (secondary N) is 2. The molecule has 3 rings (SSSR count). The standard InChI is InChI=1S/C24H21ClFN3O3/c1-16(23(30)28-22-9-5-4-8-21(22)26)24(31)29-27-14-17-10-12-19(13-11-17)32-15-18-6-2-3-7-20(18)25/h2-14,16H,15H2,1H3,(H,28,30)(H,29,31). The molecule has 2 amide bonds. The van der Waals surface area contributed by atoms with Crippen molar-refractivity contribution in [3.8, 4) is 5.75 Å². The third-order valence-electron chi connectivity index (χ3n) is 4.54. The van der Waals surface area contributed by atoms with Gasteiger partial charge in [0.05, 0.1) is 11.9 Å². The highest BCUT2D eigenvalue weighted by molar-refractivity contribution is 6.31. The number of carbonyl (C=O) groups excluding carboxylic acids is 2. The van der Waals surface area contributed by atoms with Crippen LogP contribution in [0.25, 0.3) is 0 Å². The maximum Gasteiger partial charge on any atom is 0.252 e. The zero-order valence-corrected chi connectivity index (χ0v) is 18.0. The normalized spacial score (nSPS) is 11.7. The molecular formula is C24H21ClFN3O3. The Bertz CT molecular complexity index is 1120. The quantitative estimate of drug-likeness (QED) is 0.292. The average molecular weight is 454 g/mol. The molecular weight excluding hydrogens is 433 g/mol. The second-order valence-electron chi connectivity index (χ2n) is 6.87. The monoisotopic (exact) mass is 453 g/mol. The summed E-state index contributed by atoms with van der Waals surface area (Å²) >= 11 is 6.11. The van der Waals surface area contributed by atoms with Gasteiger partial charge in [-0.3, -0.25) is 9.59 Å².